The van der Waals surface area contributed by atoms with E-state index in [1.165, 1.54) is 25.5 Å². The molecule has 3 saturated heterocycles. The molecule has 6 fully saturated rings. The number of halogens is 3. The molecule has 12 bridgehead atoms. The van der Waals surface area contributed by atoms with E-state index in [0.717, 1.165) is 75.3 Å². The molecular formula is C107H98Br3N25O12. The molecule has 2 aromatic carbocycles. The highest BCUT2D eigenvalue weighted by Crippen LogP contribution is 2.63. The number of rotatable bonds is 12. The molecule has 3 amide bonds. The van der Waals surface area contributed by atoms with E-state index in [0.29, 0.717) is 171 Å². The van der Waals surface area contributed by atoms with Gasteiger partial charge in [-0.3, -0.25) is 76.2 Å². The Balaban J connectivity index is 0.000000125. The summed E-state index contributed by atoms with van der Waals surface area (Å²) < 4.78 is 30.0. The highest BCUT2D eigenvalue weighted by Gasteiger charge is 2.70. The van der Waals surface area contributed by atoms with Gasteiger partial charge in [0, 0.05) is 163 Å². The van der Waals surface area contributed by atoms with Gasteiger partial charge in [0.15, 0.2) is 34.7 Å². The monoisotopic (exact) mass is 2160 g/mol. The standard InChI is InChI=1S/2C36H33BrN8O4.C35H32BrN9O4/c2*1-21(46)35-27-12-23(25-16-38-22(2)39-17-25)5-7-29(27)44(42-35)18-34(48)45-30-14-36(15-32(36)45)20-43-10-9-26(41-43)4-3-11-49-19-24-6-8-33(37)40-28(24)13-31(30)47;1-20(46)34-25-10-26(23-14-37-21(2)38-15-23)39-16-29(25)44(42-34)17-33(48)45-28-12-35(13-31(35)45)19-43-8-7-24(41-43)4-3-9-49-18-22-5-6-32(36)40-27(22)11-30(28)47/h2*3-10,12,16-17,30,32H,11,13-15,18-20H2,1-2H3;3-8,10,14-16,28,31H,9,11-13,17-19H2,1-2H3/b4-3+;4-3-;4-3+/t2*30-,32+,36-;28-,31+,35-/m000/s1. The topological polar surface area (TPSA) is 427 Å². The molecule has 6 aliphatic heterocycles. The predicted octanol–water partition coefficient (Wildman–Crippen LogP) is 13.7. The molecule has 40 heteroatoms. The van der Waals surface area contributed by atoms with Crippen LogP contribution in [0.25, 0.3) is 84.4 Å². The minimum atomic E-state index is -0.649. The maximum absolute atomic E-state index is 14.4. The minimum absolute atomic E-state index is 0.0613. The van der Waals surface area contributed by atoms with E-state index in [9.17, 15) is 43.2 Å². The molecule has 9 aliphatic rings. The fraction of sp³-hybridized carbons (Fsp3) is 0.336. The van der Waals surface area contributed by atoms with Gasteiger partial charge < -0.3 is 28.9 Å². The first-order chi connectivity index (χ1) is 71.0. The number of fused-ring (bicyclic) bond motifs is 15. The van der Waals surface area contributed by atoms with Crippen molar-refractivity contribution in [2.45, 2.75) is 195 Å². The average molecular weight is 2170 g/mol. The van der Waals surface area contributed by atoms with Crippen molar-refractivity contribution in [3.63, 3.8) is 0 Å². The molecule has 744 valence electrons. The van der Waals surface area contributed by atoms with E-state index in [2.05, 4.69) is 113 Å². The van der Waals surface area contributed by atoms with Crippen molar-refractivity contribution in [1.82, 2.24) is 123 Å². The number of likely N-dealkylation sites (tertiary alicyclic amines) is 3. The number of pyridine rings is 4. The van der Waals surface area contributed by atoms with Gasteiger partial charge in [-0.25, -0.2) is 44.9 Å². The first kappa shape index (κ1) is 97.0. The number of ether oxygens (including phenoxy) is 3. The molecule has 15 aromatic rings. The zero-order chi connectivity index (χ0) is 102. The van der Waals surface area contributed by atoms with Gasteiger partial charge in [0.1, 0.15) is 68.0 Å². The van der Waals surface area contributed by atoms with E-state index in [1.807, 2.05) is 174 Å². The number of piperidine rings is 3. The van der Waals surface area contributed by atoms with Crippen molar-refractivity contribution in [2.75, 3.05) is 19.8 Å². The number of aryl methyl sites for hydroxylation is 3. The van der Waals surface area contributed by atoms with Crippen LogP contribution in [0, 0.1) is 37.0 Å². The van der Waals surface area contributed by atoms with Crippen LogP contribution in [0.4, 0.5) is 0 Å². The lowest BCUT2D eigenvalue weighted by atomic mass is 9.94. The highest BCUT2D eigenvalue weighted by molar-refractivity contribution is 9.11. The van der Waals surface area contributed by atoms with Gasteiger partial charge in [-0.1, -0.05) is 48.6 Å². The summed E-state index contributed by atoms with van der Waals surface area (Å²) in [6, 6.07) is 27.9. The first-order valence-electron chi connectivity index (χ1n) is 48.6. The number of Topliss-reactive ketones (excluding diaryl/α,β-unsaturated/α-hetero) is 6. The molecule has 9 atom stereocenters. The first-order valence-corrected chi connectivity index (χ1v) is 51.0. The summed E-state index contributed by atoms with van der Waals surface area (Å²) in [6.07, 6.45) is 33.4. The SMILES string of the molecule is CC(=O)c1nn(CC(=O)N2[C@H]3C[C@]4(C[C@@H]24)Cn2ccc(n2)/C=C/COCc2ccc(Br)nc2CC3=O)c2ccc(-c3cnc(C)nc3)cc12.CC(=O)c1nn(CC(=O)N2[C@H]3C[C@]4(C[C@@H]24)Cn2ccc(n2)/C=C/COCc2ccc(Br)nc2CC3=O)c2cnc(-c3cnc(C)nc3)cc12.CC(=O)c1nn(CC(=O)N2[C@H]3C[C@]4(C[C@@H]24)Cn2ccc(n2)/C=C\COCc2ccc(Br)nc2CC3=O)c2ccc(-c3cnc(C)nc3)cc12. The Bertz CT molecular complexity index is 7250. The molecule has 3 aliphatic carbocycles. The Hall–Kier alpha value is -14.7. The van der Waals surface area contributed by atoms with Crippen LogP contribution in [0.5, 0.6) is 0 Å². The van der Waals surface area contributed by atoms with Gasteiger partial charge >= 0.3 is 0 Å². The Morgan fingerprint density at radius 1 is 0.361 bits per heavy atom. The number of ketones is 6. The summed E-state index contributed by atoms with van der Waals surface area (Å²) >= 11 is 10.4. The number of nitrogens with zero attached hydrogens (tertiary/aromatic N) is 25. The van der Waals surface area contributed by atoms with Crippen LogP contribution in [0.15, 0.2) is 191 Å². The zero-order valence-electron chi connectivity index (χ0n) is 81.0. The normalized spacial score (nSPS) is 22.5. The smallest absolute Gasteiger partial charge is 0.245 e. The van der Waals surface area contributed by atoms with Crippen molar-refractivity contribution in [3.8, 4) is 33.5 Å². The molecule has 0 unspecified atom stereocenters. The lowest BCUT2D eigenvalue weighted by molar-refractivity contribution is -0.139. The Morgan fingerprint density at radius 3 is 1.01 bits per heavy atom. The van der Waals surface area contributed by atoms with Gasteiger partial charge in [0.2, 0.25) is 17.7 Å². The third kappa shape index (κ3) is 19.8. The highest BCUT2D eigenvalue weighted by atomic mass is 79.9. The second kappa shape index (κ2) is 39.6. The van der Waals surface area contributed by atoms with E-state index in [-0.39, 0.29) is 143 Å². The van der Waals surface area contributed by atoms with Gasteiger partial charge in [0.25, 0.3) is 0 Å². The molecular weight excluding hydrogens is 2070 g/mol. The molecule has 0 N–H and O–H groups in total. The maximum atomic E-state index is 14.4. The van der Waals surface area contributed by atoms with E-state index in [4.69, 9.17) is 29.5 Å². The van der Waals surface area contributed by atoms with Crippen LogP contribution in [0.3, 0.4) is 0 Å². The fourth-order valence-corrected chi connectivity index (χ4v) is 22.9. The molecule has 0 radical (unpaired) electrons. The second-order valence-electron chi connectivity index (χ2n) is 39.3. The summed E-state index contributed by atoms with van der Waals surface area (Å²) in [5.41, 5.74) is 13.3. The Kier molecular flexibility index (Phi) is 26.1. The fourth-order valence-electron chi connectivity index (χ4n) is 21.9. The maximum Gasteiger partial charge on any atom is 0.245 e. The predicted molar refractivity (Wildman–Crippen MR) is 547 cm³/mol. The third-order valence-electron chi connectivity index (χ3n) is 29.4. The number of hydrogen-bond donors (Lipinski definition) is 0. The van der Waals surface area contributed by atoms with Crippen LogP contribution in [-0.4, -0.2) is 232 Å². The summed E-state index contributed by atoms with van der Waals surface area (Å²) in [4.78, 5) is 173. The summed E-state index contributed by atoms with van der Waals surface area (Å²) in [7, 11) is 0. The molecule has 3 saturated carbocycles. The lowest BCUT2D eigenvalue weighted by Crippen LogP contribution is -2.45. The van der Waals surface area contributed by atoms with Crippen molar-refractivity contribution < 1.29 is 57.4 Å². The zero-order valence-corrected chi connectivity index (χ0v) is 85.8. The molecule has 147 heavy (non-hydrogen) atoms. The number of aromatic nitrogens is 22. The summed E-state index contributed by atoms with van der Waals surface area (Å²) in [5.74, 6) is 0.420. The molecule has 3 spiro atoms. The Morgan fingerprint density at radius 2 is 0.680 bits per heavy atom. The van der Waals surface area contributed by atoms with Crippen LogP contribution in [-0.2, 0) is 121 Å². The number of carbonyl (C=O) groups is 9. The second-order valence-corrected chi connectivity index (χ2v) is 41.8. The average Bonchev–Trinajstić information content (AvgIpc) is 1.54. The lowest BCUT2D eigenvalue weighted by Gasteiger charge is -2.27. The van der Waals surface area contributed by atoms with Crippen LogP contribution < -0.4 is 0 Å². The third-order valence-corrected chi connectivity index (χ3v) is 30.7. The van der Waals surface area contributed by atoms with Crippen LogP contribution in [0.1, 0.15) is 159 Å². The van der Waals surface area contributed by atoms with Crippen molar-refractivity contribution in [3.05, 3.63) is 276 Å². The quantitative estimate of drug-likeness (QED) is 0.0809. The van der Waals surface area contributed by atoms with E-state index >= 15 is 0 Å². The number of benzene rings is 2. The van der Waals surface area contributed by atoms with Crippen molar-refractivity contribution >= 4 is 151 Å². The van der Waals surface area contributed by atoms with Crippen molar-refractivity contribution in [1.29, 1.82) is 0 Å². The molecule has 13 aromatic heterocycles. The number of amides is 3. The number of carbonyl (C=O) groups excluding carboxylic acids is 9. The van der Waals surface area contributed by atoms with Crippen LogP contribution in [0.2, 0.25) is 0 Å². The summed E-state index contributed by atoms with van der Waals surface area (Å²) in [5, 5.41) is 29.9. The Labute approximate surface area is 866 Å². The van der Waals surface area contributed by atoms with E-state index < -0.39 is 18.1 Å². The number of hydrogen-bond acceptors (Lipinski definition) is 28. The minimum Gasteiger partial charge on any atom is -0.373 e. The van der Waals surface area contributed by atoms with Crippen LogP contribution >= 0.6 is 47.8 Å². The molecule has 24 rings (SSSR count). The molecule has 19 heterocycles. The largest absolute Gasteiger partial charge is 0.373 e. The van der Waals surface area contributed by atoms with Gasteiger partial charge in [-0.05, 0) is 220 Å². The van der Waals surface area contributed by atoms with E-state index in [1.54, 1.807) is 80.4 Å². The van der Waals surface area contributed by atoms with Gasteiger partial charge in [0.05, 0.1) is 140 Å². The van der Waals surface area contributed by atoms with Gasteiger partial charge in [-0.2, -0.15) is 30.6 Å². The van der Waals surface area contributed by atoms with Gasteiger partial charge in [-0.15, -0.1) is 0 Å². The van der Waals surface area contributed by atoms with Crippen molar-refractivity contribution in [2.24, 2.45) is 16.2 Å². The summed E-state index contributed by atoms with van der Waals surface area (Å²) in [6.45, 7) is 13.3. The molecule has 37 nitrogen and oxygen atoms in total.